The van der Waals surface area contributed by atoms with Crippen LogP contribution in [0.15, 0.2) is 18.2 Å². The fraction of sp³-hybridized carbons (Fsp3) is 0.562. The molecule has 7 nitrogen and oxygen atoms in total. The lowest BCUT2D eigenvalue weighted by Crippen LogP contribution is -2.51. The Kier molecular flexibility index (Phi) is 6.96. The Labute approximate surface area is 136 Å². The number of nitro benzene ring substituents is 1. The van der Waals surface area contributed by atoms with Crippen LogP contribution in [0.5, 0.6) is 0 Å². The molecule has 0 aliphatic rings. The maximum atomic E-state index is 11.9. The Balaban J connectivity index is 2.42. The normalized spacial score (nSPS) is 13.2. The average Bonchev–Trinajstić information content (AvgIpc) is 2.47. The number of nitro groups is 1. The molecule has 1 rings (SSSR count). The van der Waals surface area contributed by atoms with E-state index in [-0.39, 0.29) is 11.6 Å². The number of aryl methyl sites for hydroxylation is 1. The van der Waals surface area contributed by atoms with Crippen LogP contribution in [-0.2, 0) is 4.79 Å². The van der Waals surface area contributed by atoms with Gasteiger partial charge in [0.25, 0.3) is 5.69 Å². The van der Waals surface area contributed by atoms with Crippen molar-refractivity contribution in [1.29, 1.82) is 0 Å². The SMILES string of the molecule is CCCC(C)(N)C(=O)NCCCNc1ccc(C)cc1[N+](=O)[O-]. The van der Waals surface area contributed by atoms with Gasteiger partial charge in [-0.25, -0.2) is 0 Å². The monoisotopic (exact) mass is 322 g/mol. The van der Waals surface area contributed by atoms with Crippen molar-refractivity contribution >= 4 is 17.3 Å². The molecule has 0 radical (unpaired) electrons. The smallest absolute Gasteiger partial charge is 0.292 e. The maximum absolute atomic E-state index is 11.9. The Morgan fingerprint density at radius 1 is 1.39 bits per heavy atom. The van der Waals surface area contributed by atoms with E-state index in [1.54, 1.807) is 13.0 Å². The molecule has 128 valence electrons. The molecule has 7 heteroatoms. The quantitative estimate of drug-likeness (QED) is 0.367. The van der Waals surface area contributed by atoms with Gasteiger partial charge in [0.15, 0.2) is 0 Å². The molecule has 1 amide bonds. The van der Waals surface area contributed by atoms with Gasteiger partial charge in [-0.15, -0.1) is 0 Å². The van der Waals surface area contributed by atoms with Crippen LogP contribution in [0.3, 0.4) is 0 Å². The van der Waals surface area contributed by atoms with Crippen LogP contribution in [0.2, 0.25) is 0 Å². The van der Waals surface area contributed by atoms with Crippen molar-refractivity contribution in [2.24, 2.45) is 5.73 Å². The molecule has 0 aromatic heterocycles. The number of carbonyl (C=O) groups is 1. The Morgan fingerprint density at radius 3 is 2.70 bits per heavy atom. The highest BCUT2D eigenvalue weighted by Gasteiger charge is 2.26. The number of hydrogen-bond donors (Lipinski definition) is 3. The first-order chi connectivity index (χ1) is 10.8. The molecule has 0 heterocycles. The lowest BCUT2D eigenvalue weighted by atomic mass is 9.96. The molecule has 1 aromatic rings. The van der Waals surface area contributed by atoms with Crippen molar-refractivity contribution in [3.8, 4) is 0 Å². The summed E-state index contributed by atoms with van der Waals surface area (Å²) in [5.41, 5.74) is 6.48. The van der Waals surface area contributed by atoms with E-state index in [0.29, 0.717) is 31.6 Å². The van der Waals surface area contributed by atoms with Gasteiger partial charge in [0, 0.05) is 19.2 Å². The molecule has 0 saturated carbocycles. The molecule has 0 saturated heterocycles. The standard InChI is InChI=1S/C16H26N4O3/c1-4-8-16(3,17)15(21)19-10-5-9-18-13-7-6-12(2)11-14(13)20(22)23/h6-7,11,18H,4-5,8-10,17H2,1-3H3,(H,19,21). The molecule has 0 fully saturated rings. The first-order valence-electron chi connectivity index (χ1n) is 7.84. The van der Waals surface area contributed by atoms with Crippen LogP contribution in [0.4, 0.5) is 11.4 Å². The van der Waals surface area contributed by atoms with Gasteiger partial charge in [0.05, 0.1) is 10.5 Å². The van der Waals surface area contributed by atoms with Crippen LogP contribution in [0.25, 0.3) is 0 Å². The number of benzene rings is 1. The lowest BCUT2D eigenvalue weighted by Gasteiger charge is -2.22. The first-order valence-corrected chi connectivity index (χ1v) is 7.84. The summed E-state index contributed by atoms with van der Waals surface area (Å²) in [7, 11) is 0. The third-order valence-electron chi connectivity index (χ3n) is 3.59. The summed E-state index contributed by atoms with van der Waals surface area (Å²) in [5.74, 6) is -0.166. The van der Waals surface area contributed by atoms with E-state index in [2.05, 4.69) is 10.6 Å². The van der Waals surface area contributed by atoms with E-state index in [9.17, 15) is 14.9 Å². The van der Waals surface area contributed by atoms with Crippen molar-refractivity contribution in [3.05, 3.63) is 33.9 Å². The fourth-order valence-electron chi connectivity index (χ4n) is 2.29. The van der Waals surface area contributed by atoms with Gasteiger partial charge in [-0.3, -0.25) is 14.9 Å². The topological polar surface area (TPSA) is 110 Å². The summed E-state index contributed by atoms with van der Waals surface area (Å²) in [6.45, 7) is 6.52. The van der Waals surface area contributed by atoms with Crippen molar-refractivity contribution in [2.45, 2.75) is 45.6 Å². The molecule has 0 aliphatic heterocycles. The summed E-state index contributed by atoms with van der Waals surface area (Å²) in [6.07, 6.45) is 2.13. The third kappa shape index (κ3) is 5.86. The van der Waals surface area contributed by atoms with Crippen molar-refractivity contribution < 1.29 is 9.72 Å². The number of nitrogens with two attached hydrogens (primary N) is 1. The number of nitrogens with zero attached hydrogens (tertiary/aromatic N) is 1. The molecule has 1 aromatic carbocycles. The third-order valence-corrected chi connectivity index (χ3v) is 3.59. The lowest BCUT2D eigenvalue weighted by molar-refractivity contribution is -0.384. The maximum Gasteiger partial charge on any atom is 0.292 e. The van der Waals surface area contributed by atoms with E-state index in [1.165, 1.54) is 6.07 Å². The van der Waals surface area contributed by atoms with Gasteiger partial charge in [-0.05, 0) is 38.3 Å². The summed E-state index contributed by atoms with van der Waals surface area (Å²) >= 11 is 0. The van der Waals surface area contributed by atoms with E-state index in [4.69, 9.17) is 5.73 Å². The number of hydrogen-bond acceptors (Lipinski definition) is 5. The van der Waals surface area contributed by atoms with Crippen LogP contribution in [0.1, 0.15) is 38.7 Å². The fourth-order valence-corrected chi connectivity index (χ4v) is 2.29. The number of rotatable bonds is 9. The van der Waals surface area contributed by atoms with Gasteiger partial charge in [0.1, 0.15) is 5.69 Å². The van der Waals surface area contributed by atoms with E-state index in [0.717, 1.165) is 12.0 Å². The summed E-state index contributed by atoms with van der Waals surface area (Å²) < 4.78 is 0. The van der Waals surface area contributed by atoms with Crippen LogP contribution >= 0.6 is 0 Å². The second-order valence-corrected chi connectivity index (χ2v) is 5.98. The van der Waals surface area contributed by atoms with Crippen LogP contribution in [0, 0.1) is 17.0 Å². The van der Waals surface area contributed by atoms with Gasteiger partial charge in [-0.1, -0.05) is 19.4 Å². The van der Waals surface area contributed by atoms with E-state index in [1.807, 2.05) is 19.9 Å². The Morgan fingerprint density at radius 2 is 2.09 bits per heavy atom. The summed E-state index contributed by atoms with van der Waals surface area (Å²) in [6, 6.07) is 5.06. The van der Waals surface area contributed by atoms with Crippen LogP contribution < -0.4 is 16.4 Å². The van der Waals surface area contributed by atoms with Crippen molar-refractivity contribution in [1.82, 2.24) is 5.32 Å². The van der Waals surface area contributed by atoms with Gasteiger partial charge in [-0.2, -0.15) is 0 Å². The molecule has 1 atom stereocenters. The van der Waals surface area contributed by atoms with Crippen LogP contribution in [-0.4, -0.2) is 29.5 Å². The minimum absolute atomic E-state index is 0.0616. The minimum Gasteiger partial charge on any atom is -0.379 e. The van der Waals surface area contributed by atoms with Crippen molar-refractivity contribution in [2.75, 3.05) is 18.4 Å². The predicted molar refractivity (Wildman–Crippen MR) is 91.5 cm³/mol. The second kappa shape index (κ2) is 8.47. The molecule has 4 N–H and O–H groups in total. The molecule has 0 spiro atoms. The number of carbonyl (C=O) groups excluding carboxylic acids is 1. The average molecular weight is 322 g/mol. The zero-order valence-electron chi connectivity index (χ0n) is 14.0. The molecule has 23 heavy (non-hydrogen) atoms. The zero-order chi connectivity index (χ0) is 17.5. The number of amides is 1. The molecular weight excluding hydrogens is 296 g/mol. The van der Waals surface area contributed by atoms with Gasteiger partial charge in [0.2, 0.25) is 5.91 Å². The minimum atomic E-state index is -0.849. The highest BCUT2D eigenvalue weighted by atomic mass is 16.6. The van der Waals surface area contributed by atoms with E-state index >= 15 is 0 Å². The largest absolute Gasteiger partial charge is 0.379 e. The molecule has 0 bridgehead atoms. The summed E-state index contributed by atoms with van der Waals surface area (Å²) in [5, 5.41) is 16.9. The van der Waals surface area contributed by atoms with E-state index < -0.39 is 10.5 Å². The summed E-state index contributed by atoms with van der Waals surface area (Å²) in [4.78, 5) is 22.5. The second-order valence-electron chi connectivity index (χ2n) is 5.98. The molecular formula is C16H26N4O3. The highest BCUT2D eigenvalue weighted by Crippen LogP contribution is 2.25. The Hall–Kier alpha value is -2.15. The Bertz CT molecular complexity index is 558. The molecule has 1 unspecified atom stereocenters. The first kappa shape index (κ1) is 18.9. The van der Waals surface area contributed by atoms with Crippen molar-refractivity contribution in [3.63, 3.8) is 0 Å². The predicted octanol–water partition coefficient (Wildman–Crippen LogP) is 2.34. The highest BCUT2D eigenvalue weighted by molar-refractivity contribution is 5.85. The zero-order valence-corrected chi connectivity index (χ0v) is 14.0. The number of nitrogens with one attached hydrogen (secondary N) is 2. The van der Waals surface area contributed by atoms with Gasteiger partial charge < -0.3 is 16.4 Å². The molecule has 0 aliphatic carbocycles. The number of anilines is 1. The van der Waals surface area contributed by atoms with Gasteiger partial charge >= 0.3 is 0 Å².